The van der Waals surface area contributed by atoms with E-state index in [-0.39, 0.29) is 29.1 Å². The van der Waals surface area contributed by atoms with Gasteiger partial charge in [0.1, 0.15) is 12.4 Å². The van der Waals surface area contributed by atoms with Crippen molar-refractivity contribution in [1.82, 2.24) is 5.01 Å². The van der Waals surface area contributed by atoms with Crippen LogP contribution in [0.3, 0.4) is 0 Å². The van der Waals surface area contributed by atoms with Gasteiger partial charge in [-0.3, -0.25) is 10.2 Å². The van der Waals surface area contributed by atoms with Crippen LogP contribution in [-0.2, 0) is 11.4 Å². The van der Waals surface area contributed by atoms with Crippen LogP contribution in [0.25, 0.3) is 6.08 Å². The summed E-state index contributed by atoms with van der Waals surface area (Å²) in [6.45, 7) is 0.288. The molecule has 1 N–H and O–H groups in total. The standard InChI is InChI=1S/C20H13F3N4O2S/c21-20(22,23)18-26-27-16(24)14(17(28)25-19(27)30-18)10-13-8-4-5-9-15(13)29-11-12-6-2-1-3-7-12/h1-10,24H,11H2/b14-10+,24-16?. The molecule has 0 spiro atoms. The molecule has 0 saturated carbocycles. The molecule has 0 saturated heterocycles. The van der Waals surface area contributed by atoms with Gasteiger partial charge in [0.2, 0.25) is 10.2 Å². The molecule has 0 atom stereocenters. The Kier molecular flexibility index (Phi) is 5.17. The summed E-state index contributed by atoms with van der Waals surface area (Å²) in [5.74, 6) is -0.829. The number of amidine groups is 2. The largest absolute Gasteiger partial charge is 0.488 e. The average Bonchev–Trinajstić information content (AvgIpc) is 3.16. The average molecular weight is 430 g/mol. The second-order valence-corrected chi connectivity index (χ2v) is 7.19. The van der Waals surface area contributed by atoms with Crippen LogP contribution >= 0.6 is 11.8 Å². The number of alkyl halides is 3. The number of hydrogen-bond acceptors (Lipinski definition) is 5. The quantitative estimate of drug-likeness (QED) is 0.727. The van der Waals surface area contributed by atoms with E-state index in [0.717, 1.165) is 5.56 Å². The third-order valence-electron chi connectivity index (χ3n) is 4.15. The van der Waals surface area contributed by atoms with Crippen LogP contribution in [-0.4, -0.2) is 33.1 Å². The Hall–Kier alpha value is -3.40. The fourth-order valence-corrected chi connectivity index (χ4v) is 3.49. The van der Waals surface area contributed by atoms with Crippen molar-refractivity contribution in [2.45, 2.75) is 12.8 Å². The molecule has 2 aromatic rings. The molecule has 4 rings (SSSR count). The van der Waals surface area contributed by atoms with E-state index in [2.05, 4.69) is 10.1 Å². The third kappa shape index (κ3) is 3.99. The molecule has 1 amide bonds. The number of hydrogen-bond donors (Lipinski definition) is 1. The van der Waals surface area contributed by atoms with E-state index in [9.17, 15) is 18.0 Å². The van der Waals surface area contributed by atoms with Gasteiger partial charge in [0, 0.05) is 5.56 Å². The molecule has 0 aliphatic carbocycles. The van der Waals surface area contributed by atoms with Crippen molar-refractivity contribution < 1.29 is 22.7 Å². The van der Waals surface area contributed by atoms with Crippen molar-refractivity contribution in [3.63, 3.8) is 0 Å². The molecule has 2 aliphatic rings. The van der Waals surface area contributed by atoms with Crippen molar-refractivity contribution in [1.29, 1.82) is 5.41 Å². The van der Waals surface area contributed by atoms with E-state index in [1.807, 2.05) is 30.3 Å². The Balaban J connectivity index is 1.62. The maximum absolute atomic E-state index is 12.9. The van der Waals surface area contributed by atoms with Gasteiger partial charge in [0.15, 0.2) is 5.84 Å². The lowest BCUT2D eigenvalue weighted by Gasteiger charge is -2.20. The zero-order valence-corrected chi connectivity index (χ0v) is 16.0. The van der Waals surface area contributed by atoms with Crippen molar-refractivity contribution in [3.05, 3.63) is 71.3 Å². The van der Waals surface area contributed by atoms with Crippen LogP contribution in [0.4, 0.5) is 13.2 Å². The molecular formula is C20H13F3N4O2S. The smallest absolute Gasteiger partial charge is 0.441 e. The second-order valence-electron chi connectivity index (χ2n) is 6.24. The summed E-state index contributed by atoms with van der Waals surface area (Å²) in [6.07, 6.45) is -3.31. The number of rotatable bonds is 4. The molecule has 0 bridgehead atoms. The van der Waals surface area contributed by atoms with Crippen molar-refractivity contribution in [2.24, 2.45) is 10.1 Å². The number of thioether (sulfide) groups is 1. The second kappa shape index (κ2) is 7.79. The van der Waals surface area contributed by atoms with Crippen LogP contribution in [0.1, 0.15) is 11.1 Å². The Morgan fingerprint density at radius 1 is 1.10 bits per heavy atom. The number of carbonyl (C=O) groups excluding carboxylic acids is 1. The molecule has 2 heterocycles. The minimum absolute atomic E-state index is 0.178. The molecule has 0 fully saturated rings. The number of halogens is 3. The molecule has 2 aromatic carbocycles. The Bertz CT molecular complexity index is 1110. The number of benzene rings is 2. The molecular weight excluding hydrogens is 417 g/mol. The lowest BCUT2D eigenvalue weighted by atomic mass is 10.1. The fraction of sp³-hybridized carbons (Fsp3) is 0.100. The monoisotopic (exact) mass is 430 g/mol. The van der Waals surface area contributed by atoms with Gasteiger partial charge < -0.3 is 4.74 Å². The predicted molar refractivity (Wildman–Crippen MR) is 108 cm³/mol. The molecule has 2 aliphatic heterocycles. The van der Waals surface area contributed by atoms with E-state index < -0.39 is 23.0 Å². The highest BCUT2D eigenvalue weighted by Gasteiger charge is 2.46. The number of amides is 1. The highest BCUT2D eigenvalue weighted by molar-refractivity contribution is 8.27. The molecule has 152 valence electrons. The van der Waals surface area contributed by atoms with E-state index in [4.69, 9.17) is 10.1 Å². The predicted octanol–water partition coefficient (Wildman–Crippen LogP) is 4.45. The molecule has 0 unspecified atom stereocenters. The van der Waals surface area contributed by atoms with Crippen molar-refractivity contribution >= 4 is 39.8 Å². The van der Waals surface area contributed by atoms with E-state index in [1.54, 1.807) is 24.3 Å². The number of hydrazone groups is 1. The zero-order chi connectivity index (χ0) is 21.3. The first kappa shape index (κ1) is 19.9. The minimum atomic E-state index is -4.68. The lowest BCUT2D eigenvalue weighted by Crippen LogP contribution is -2.35. The summed E-state index contributed by atoms with van der Waals surface area (Å²) in [4.78, 5) is 16.1. The summed E-state index contributed by atoms with van der Waals surface area (Å²) in [5, 5.41) is 10.8. The number of carbonyl (C=O) groups is 1. The Morgan fingerprint density at radius 3 is 2.53 bits per heavy atom. The van der Waals surface area contributed by atoms with Crippen LogP contribution in [0.2, 0.25) is 0 Å². The van der Waals surface area contributed by atoms with Crippen LogP contribution in [0.5, 0.6) is 5.75 Å². The van der Waals surface area contributed by atoms with E-state index in [0.29, 0.717) is 16.3 Å². The first-order valence-electron chi connectivity index (χ1n) is 8.66. The zero-order valence-electron chi connectivity index (χ0n) is 15.2. The minimum Gasteiger partial charge on any atom is -0.488 e. The number of fused-ring (bicyclic) bond motifs is 1. The Labute approximate surface area is 173 Å². The van der Waals surface area contributed by atoms with Crippen LogP contribution in [0, 0.1) is 5.41 Å². The molecule has 30 heavy (non-hydrogen) atoms. The van der Waals surface area contributed by atoms with E-state index >= 15 is 0 Å². The van der Waals surface area contributed by atoms with Gasteiger partial charge >= 0.3 is 6.18 Å². The summed E-state index contributed by atoms with van der Waals surface area (Å²) in [5.41, 5.74) is 1.26. The number of aliphatic imine (C=N–C) groups is 1. The molecule has 6 nitrogen and oxygen atoms in total. The van der Waals surface area contributed by atoms with Crippen molar-refractivity contribution in [2.75, 3.05) is 0 Å². The number of nitrogens with zero attached hydrogens (tertiary/aromatic N) is 3. The lowest BCUT2D eigenvalue weighted by molar-refractivity contribution is -0.114. The maximum Gasteiger partial charge on any atom is 0.441 e. The highest BCUT2D eigenvalue weighted by Crippen LogP contribution is 2.35. The molecule has 0 aromatic heterocycles. The normalized spacial score (nSPS) is 17.7. The van der Waals surface area contributed by atoms with Crippen molar-refractivity contribution in [3.8, 4) is 5.75 Å². The fourth-order valence-electron chi connectivity index (χ4n) is 2.73. The van der Waals surface area contributed by atoms with Gasteiger partial charge in [0.05, 0.1) is 5.57 Å². The van der Waals surface area contributed by atoms with Gasteiger partial charge in [-0.2, -0.15) is 28.3 Å². The van der Waals surface area contributed by atoms with E-state index in [1.165, 1.54) is 6.08 Å². The topological polar surface area (TPSA) is 78.1 Å². The van der Waals surface area contributed by atoms with Gasteiger partial charge in [0.25, 0.3) is 5.91 Å². The van der Waals surface area contributed by atoms with Crippen LogP contribution in [0.15, 0.2) is 70.3 Å². The Morgan fingerprint density at radius 2 is 1.80 bits per heavy atom. The summed E-state index contributed by atoms with van der Waals surface area (Å²) >= 11 is 0.214. The molecule has 10 heteroatoms. The van der Waals surface area contributed by atoms with Gasteiger partial charge in [-0.25, -0.2) is 0 Å². The number of para-hydroxylation sites is 1. The van der Waals surface area contributed by atoms with Crippen LogP contribution < -0.4 is 4.74 Å². The van der Waals surface area contributed by atoms with Gasteiger partial charge in [-0.1, -0.05) is 48.5 Å². The van der Waals surface area contributed by atoms with Gasteiger partial charge in [-0.15, -0.1) is 0 Å². The summed E-state index contributed by atoms with van der Waals surface area (Å²) in [6, 6.07) is 16.3. The number of ether oxygens (including phenoxy) is 1. The third-order valence-corrected chi connectivity index (χ3v) is 5.11. The summed E-state index contributed by atoms with van der Waals surface area (Å²) < 4.78 is 44.6. The summed E-state index contributed by atoms with van der Waals surface area (Å²) in [7, 11) is 0. The maximum atomic E-state index is 12.9. The SMILES string of the molecule is N=C1/C(=C\c2ccccc2OCc2ccccc2)C(=O)N=C2SC(C(F)(F)F)=NN12. The first-order chi connectivity index (χ1) is 14.3. The van der Waals surface area contributed by atoms with Gasteiger partial charge in [-0.05, 0) is 29.5 Å². The number of nitrogens with one attached hydrogen (secondary N) is 1. The molecule has 0 radical (unpaired) electrons. The first-order valence-corrected chi connectivity index (χ1v) is 9.48. The highest BCUT2D eigenvalue weighted by atomic mass is 32.2.